The van der Waals surface area contributed by atoms with Crippen LogP contribution >= 0.6 is 0 Å². The zero-order chi connectivity index (χ0) is 9.84. The highest BCUT2D eigenvalue weighted by molar-refractivity contribution is 5.39. The summed E-state index contributed by atoms with van der Waals surface area (Å²) in [6.07, 6.45) is 0. The molecule has 1 rings (SSSR count). The number of aryl methyl sites for hydroxylation is 1. The molecule has 0 amide bonds. The van der Waals surface area contributed by atoms with E-state index < -0.39 is 6.04 Å². The monoisotopic (exact) mass is 176 g/mol. The summed E-state index contributed by atoms with van der Waals surface area (Å²) in [4.78, 5) is 0. The van der Waals surface area contributed by atoms with E-state index in [-0.39, 0.29) is 6.61 Å². The van der Waals surface area contributed by atoms with Crippen molar-refractivity contribution in [2.24, 2.45) is 5.73 Å². The Morgan fingerprint density at radius 3 is 2.85 bits per heavy atom. The molecule has 0 saturated heterocycles. The van der Waals surface area contributed by atoms with Gasteiger partial charge in [0.15, 0.2) is 0 Å². The first-order valence-corrected chi connectivity index (χ1v) is 4.06. The maximum absolute atomic E-state index is 8.87. The molecule has 0 aliphatic rings. The van der Waals surface area contributed by atoms with Crippen LogP contribution in [0.2, 0.25) is 0 Å². The van der Waals surface area contributed by atoms with Gasteiger partial charge in [-0.25, -0.2) is 0 Å². The van der Waals surface area contributed by atoms with Crippen LogP contribution in [0.5, 0.6) is 0 Å². The normalized spacial score (nSPS) is 12.2. The number of nitrogens with two attached hydrogens (primary N) is 1. The number of benzene rings is 1. The van der Waals surface area contributed by atoms with Gasteiger partial charge in [-0.3, -0.25) is 0 Å². The summed E-state index contributed by atoms with van der Waals surface area (Å²) < 4.78 is 0. The van der Waals surface area contributed by atoms with Crippen molar-refractivity contribution in [1.29, 1.82) is 5.26 Å². The minimum absolute atomic E-state index is 0.101. The molecular formula is C10H12N2O. The van der Waals surface area contributed by atoms with Gasteiger partial charge in [-0.2, -0.15) is 5.26 Å². The summed E-state index contributed by atoms with van der Waals surface area (Å²) in [6, 6.07) is 6.94. The van der Waals surface area contributed by atoms with Gasteiger partial charge in [0.1, 0.15) is 0 Å². The number of rotatable bonds is 2. The van der Waals surface area contributed by atoms with Crippen LogP contribution in [0.15, 0.2) is 18.2 Å². The predicted octanol–water partition coefficient (Wildman–Crippen LogP) is 0.859. The van der Waals surface area contributed by atoms with Crippen molar-refractivity contribution in [2.45, 2.75) is 13.0 Å². The minimum atomic E-state index is -0.395. The van der Waals surface area contributed by atoms with Crippen molar-refractivity contribution in [3.63, 3.8) is 0 Å². The quantitative estimate of drug-likeness (QED) is 0.702. The molecule has 1 atom stereocenters. The average molecular weight is 176 g/mol. The van der Waals surface area contributed by atoms with E-state index in [9.17, 15) is 0 Å². The smallest absolute Gasteiger partial charge is 0.0991 e. The van der Waals surface area contributed by atoms with Crippen LogP contribution in [0.3, 0.4) is 0 Å². The SMILES string of the molecule is Cc1ccc(C#N)cc1[C@@H](N)CO. The third kappa shape index (κ3) is 2.05. The molecule has 0 fully saturated rings. The van der Waals surface area contributed by atoms with Crippen LogP contribution in [0.1, 0.15) is 22.7 Å². The molecule has 0 aliphatic carbocycles. The van der Waals surface area contributed by atoms with E-state index in [2.05, 4.69) is 0 Å². The van der Waals surface area contributed by atoms with Gasteiger partial charge in [-0.05, 0) is 30.2 Å². The Labute approximate surface area is 77.4 Å². The Morgan fingerprint density at radius 1 is 1.62 bits per heavy atom. The molecule has 0 heterocycles. The highest BCUT2D eigenvalue weighted by Gasteiger charge is 2.07. The minimum Gasteiger partial charge on any atom is -0.394 e. The lowest BCUT2D eigenvalue weighted by molar-refractivity contribution is 0.267. The first kappa shape index (κ1) is 9.72. The number of aliphatic hydroxyl groups excluding tert-OH is 1. The number of nitrogens with zero attached hydrogens (tertiary/aromatic N) is 1. The van der Waals surface area contributed by atoms with Crippen LogP contribution < -0.4 is 5.73 Å². The lowest BCUT2D eigenvalue weighted by Gasteiger charge is -2.11. The number of nitriles is 1. The predicted molar refractivity (Wildman–Crippen MR) is 49.9 cm³/mol. The first-order valence-electron chi connectivity index (χ1n) is 4.06. The molecule has 3 N–H and O–H groups in total. The largest absolute Gasteiger partial charge is 0.394 e. The van der Waals surface area contributed by atoms with E-state index in [1.807, 2.05) is 19.1 Å². The lowest BCUT2D eigenvalue weighted by atomic mass is 10.00. The highest BCUT2D eigenvalue weighted by Crippen LogP contribution is 2.16. The maximum Gasteiger partial charge on any atom is 0.0991 e. The molecule has 0 radical (unpaired) electrons. The Morgan fingerprint density at radius 2 is 2.31 bits per heavy atom. The first-order chi connectivity index (χ1) is 6.19. The summed E-state index contributed by atoms with van der Waals surface area (Å²) in [5, 5.41) is 17.5. The molecule has 13 heavy (non-hydrogen) atoms. The number of aliphatic hydroxyl groups is 1. The molecule has 3 heteroatoms. The summed E-state index contributed by atoms with van der Waals surface area (Å²) >= 11 is 0. The molecular weight excluding hydrogens is 164 g/mol. The second kappa shape index (κ2) is 4.04. The van der Waals surface area contributed by atoms with Crippen molar-refractivity contribution < 1.29 is 5.11 Å². The van der Waals surface area contributed by atoms with Gasteiger partial charge >= 0.3 is 0 Å². The van der Waals surface area contributed by atoms with Gasteiger partial charge in [0.2, 0.25) is 0 Å². The van der Waals surface area contributed by atoms with Gasteiger partial charge < -0.3 is 10.8 Å². The summed E-state index contributed by atoms with van der Waals surface area (Å²) in [6.45, 7) is 1.81. The van der Waals surface area contributed by atoms with E-state index in [0.717, 1.165) is 11.1 Å². The molecule has 0 aromatic heterocycles. The maximum atomic E-state index is 8.87. The van der Waals surface area contributed by atoms with Crippen molar-refractivity contribution in [2.75, 3.05) is 6.61 Å². The van der Waals surface area contributed by atoms with Crippen LogP contribution in [-0.2, 0) is 0 Å². The van der Waals surface area contributed by atoms with E-state index >= 15 is 0 Å². The molecule has 68 valence electrons. The average Bonchev–Trinajstić information content (AvgIpc) is 2.17. The Hall–Kier alpha value is -1.37. The fourth-order valence-electron chi connectivity index (χ4n) is 1.21. The van der Waals surface area contributed by atoms with E-state index in [0.29, 0.717) is 5.56 Å². The van der Waals surface area contributed by atoms with Gasteiger partial charge in [0.05, 0.1) is 24.3 Å². The molecule has 1 aromatic rings. The molecule has 1 aromatic carbocycles. The summed E-state index contributed by atoms with van der Waals surface area (Å²) in [5.41, 5.74) is 8.07. The molecule has 0 saturated carbocycles. The van der Waals surface area contributed by atoms with Crippen molar-refractivity contribution >= 4 is 0 Å². The summed E-state index contributed by atoms with van der Waals surface area (Å²) in [5.74, 6) is 0. The van der Waals surface area contributed by atoms with Gasteiger partial charge in [0.25, 0.3) is 0 Å². The van der Waals surface area contributed by atoms with Crippen molar-refractivity contribution in [3.05, 3.63) is 34.9 Å². The lowest BCUT2D eigenvalue weighted by Crippen LogP contribution is -2.15. The third-order valence-electron chi connectivity index (χ3n) is 2.00. The second-order valence-corrected chi connectivity index (χ2v) is 2.97. The molecule has 3 nitrogen and oxygen atoms in total. The fourth-order valence-corrected chi connectivity index (χ4v) is 1.21. The molecule has 0 unspecified atom stereocenters. The second-order valence-electron chi connectivity index (χ2n) is 2.97. The van der Waals surface area contributed by atoms with Crippen molar-refractivity contribution in [1.82, 2.24) is 0 Å². The highest BCUT2D eigenvalue weighted by atomic mass is 16.3. The Bertz CT molecular complexity index is 341. The standard InChI is InChI=1S/C10H12N2O/c1-7-2-3-8(5-11)4-9(7)10(12)6-13/h2-4,10,13H,6,12H2,1H3/t10-/m0/s1. The fraction of sp³-hybridized carbons (Fsp3) is 0.300. The van der Waals surface area contributed by atoms with Gasteiger partial charge in [-0.15, -0.1) is 0 Å². The Balaban J connectivity index is 3.12. The number of hydrogen-bond donors (Lipinski definition) is 2. The summed E-state index contributed by atoms with van der Waals surface area (Å²) in [7, 11) is 0. The third-order valence-corrected chi connectivity index (χ3v) is 2.00. The van der Waals surface area contributed by atoms with E-state index in [4.69, 9.17) is 16.1 Å². The number of hydrogen-bond acceptors (Lipinski definition) is 3. The van der Waals surface area contributed by atoms with Gasteiger partial charge in [0, 0.05) is 0 Å². The Kier molecular flexibility index (Phi) is 3.02. The topological polar surface area (TPSA) is 70.0 Å². The van der Waals surface area contributed by atoms with E-state index in [1.54, 1.807) is 12.1 Å². The zero-order valence-electron chi connectivity index (χ0n) is 7.49. The van der Waals surface area contributed by atoms with Crippen molar-refractivity contribution in [3.8, 4) is 6.07 Å². The molecule has 0 spiro atoms. The van der Waals surface area contributed by atoms with Crippen LogP contribution in [-0.4, -0.2) is 11.7 Å². The van der Waals surface area contributed by atoms with Crippen LogP contribution in [0.4, 0.5) is 0 Å². The van der Waals surface area contributed by atoms with Crippen LogP contribution in [0.25, 0.3) is 0 Å². The van der Waals surface area contributed by atoms with Crippen LogP contribution in [0, 0.1) is 18.3 Å². The molecule has 0 bridgehead atoms. The van der Waals surface area contributed by atoms with Gasteiger partial charge in [-0.1, -0.05) is 6.07 Å². The molecule has 0 aliphatic heterocycles. The zero-order valence-corrected chi connectivity index (χ0v) is 7.49. The van der Waals surface area contributed by atoms with E-state index in [1.165, 1.54) is 0 Å².